The van der Waals surface area contributed by atoms with Gasteiger partial charge in [0.05, 0.1) is 12.1 Å². The molecule has 0 radical (unpaired) electrons. The van der Waals surface area contributed by atoms with Gasteiger partial charge in [-0.15, -0.1) is 22.0 Å². The number of hydrogen-bond acceptors (Lipinski definition) is 13. The van der Waals surface area contributed by atoms with Crippen molar-refractivity contribution in [2.45, 2.75) is 43.0 Å². The molecule has 4 heterocycles. The predicted octanol–water partition coefficient (Wildman–Crippen LogP) is 1.35. The summed E-state index contributed by atoms with van der Waals surface area (Å²) >= 11 is 2.27. The maximum absolute atomic E-state index is 13.8. The van der Waals surface area contributed by atoms with Gasteiger partial charge in [0.25, 0.3) is 17.7 Å². The van der Waals surface area contributed by atoms with E-state index in [1.165, 1.54) is 40.6 Å². The average molecular weight is 723 g/mol. The summed E-state index contributed by atoms with van der Waals surface area (Å²) in [7, 11) is 0. The minimum Gasteiger partial charge on any atom is -0.508 e. The van der Waals surface area contributed by atoms with Crippen LogP contribution in [0.15, 0.2) is 63.7 Å². The summed E-state index contributed by atoms with van der Waals surface area (Å²) in [5.74, 6) is -3.69. The van der Waals surface area contributed by atoms with Crippen LogP contribution in [0.5, 0.6) is 17.4 Å². The predicted molar refractivity (Wildman–Crippen MR) is 180 cm³/mol. The van der Waals surface area contributed by atoms with Gasteiger partial charge >= 0.3 is 11.5 Å². The number of benzene rings is 2. The number of H-pyrrole nitrogens is 1. The second kappa shape index (κ2) is 14.1. The third kappa shape index (κ3) is 6.43. The molecule has 6 N–H and O–H groups in total. The number of carbonyl (C=O) groups is 4. The molecule has 1 saturated heterocycles. The molecule has 17 nitrogen and oxygen atoms in total. The van der Waals surface area contributed by atoms with Crippen LogP contribution in [0.3, 0.4) is 0 Å². The van der Waals surface area contributed by atoms with Crippen LogP contribution >= 0.6 is 23.5 Å². The minimum atomic E-state index is -1.35. The molecule has 6 rings (SSSR count). The average Bonchev–Trinajstić information content (AvgIpc) is 3.55. The van der Waals surface area contributed by atoms with Crippen LogP contribution in [0, 0.1) is 0 Å². The summed E-state index contributed by atoms with van der Waals surface area (Å²) < 4.78 is 6.80. The Labute approximate surface area is 291 Å². The number of nitrogens with zero attached hydrogens (tertiary/aromatic N) is 5. The minimum absolute atomic E-state index is 0.0594. The van der Waals surface area contributed by atoms with E-state index < -0.39 is 52.6 Å². The van der Waals surface area contributed by atoms with Gasteiger partial charge in [-0.25, -0.2) is 9.78 Å². The van der Waals surface area contributed by atoms with E-state index in [0.717, 1.165) is 16.7 Å². The van der Waals surface area contributed by atoms with Crippen LogP contribution in [0.4, 0.5) is 0 Å². The number of amides is 3. The number of ether oxygens (including phenoxy) is 1. The van der Waals surface area contributed by atoms with Crippen molar-refractivity contribution in [2.24, 2.45) is 0 Å². The Morgan fingerprint density at radius 3 is 2.58 bits per heavy atom. The zero-order chi connectivity index (χ0) is 35.7. The zero-order valence-electron chi connectivity index (χ0n) is 26.4. The molecule has 0 bridgehead atoms. The number of phenolic OH excluding ortho intramolecular Hbond substituents is 1. The van der Waals surface area contributed by atoms with E-state index in [1.54, 1.807) is 25.1 Å². The van der Waals surface area contributed by atoms with Gasteiger partial charge < -0.3 is 35.7 Å². The van der Waals surface area contributed by atoms with Crippen LogP contribution in [0.25, 0.3) is 11.0 Å². The molecular weight excluding hydrogens is 693 g/mol. The fourth-order valence-corrected chi connectivity index (χ4v) is 8.00. The Morgan fingerprint density at radius 2 is 1.88 bits per heavy atom. The van der Waals surface area contributed by atoms with Gasteiger partial charge in [0, 0.05) is 18.1 Å². The maximum Gasteiger partial charge on any atom is 0.352 e. The third-order valence-electron chi connectivity index (χ3n) is 7.89. The maximum atomic E-state index is 13.8. The van der Waals surface area contributed by atoms with Gasteiger partial charge in [0.1, 0.15) is 40.2 Å². The van der Waals surface area contributed by atoms with Crippen molar-refractivity contribution in [3.05, 3.63) is 75.5 Å². The van der Waals surface area contributed by atoms with E-state index in [1.807, 2.05) is 6.92 Å². The number of aromatic nitrogens is 5. The number of rotatable bonds is 12. The summed E-state index contributed by atoms with van der Waals surface area (Å²) in [6, 6.07) is 8.31. The van der Waals surface area contributed by atoms with Crippen LogP contribution in [0.2, 0.25) is 0 Å². The van der Waals surface area contributed by atoms with Gasteiger partial charge in [0.15, 0.2) is 11.0 Å². The van der Waals surface area contributed by atoms with E-state index in [-0.39, 0.29) is 40.5 Å². The fraction of sp³-hybridized carbons (Fsp3) is 0.290. The fourth-order valence-electron chi connectivity index (χ4n) is 5.51. The number of carbonyl (C=O) groups excluding carboxylic acids is 3. The number of aliphatic carboxylic acids is 1. The summed E-state index contributed by atoms with van der Waals surface area (Å²) in [6.45, 7) is 4.07. The van der Waals surface area contributed by atoms with Gasteiger partial charge in [-0.3, -0.25) is 28.6 Å². The van der Waals surface area contributed by atoms with Crippen molar-refractivity contribution in [3.8, 4) is 17.4 Å². The summed E-state index contributed by atoms with van der Waals surface area (Å²) in [4.78, 5) is 73.6. The molecule has 50 heavy (non-hydrogen) atoms. The topological polar surface area (TPSA) is 242 Å². The Morgan fingerprint density at radius 1 is 1.12 bits per heavy atom. The second-order valence-electron chi connectivity index (χ2n) is 11.0. The van der Waals surface area contributed by atoms with Gasteiger partial charge in [-0.2, -0.15) is 0 Å². The highest BCUT2D eigenvalue weighted by molar-refractivity contribution is 8.01. The Bertz CT molecular complexity index is 2100. The van der Waals surface area contributed by atoms with E-state index >= 15 is 0 Å². The number of phenols is 1. The lowest BCUT2D eigenvalue weighted by molar-refractivity contribution is -0.151. The van der Waals surface area contributed by atoms with E-state index in [4.69, 9.17) is 4.74 Å². The first-order valence-corrected chi connectivity index (χ1v) is 17.3. The van der Waals surface area contributed by atoms with Crippen molar-refractivity contribution in [1.29, 1.82) is 0 Å². The number of nitrogens with one attached hydrogen (secondary N) is 3. The quantitative estimate of drug-likeness (QED) is 0.0894. The van der Waals surface area contributed by atoms with Crippen molar-refractivity contribution in [3.63, 3.8) is 0 Å². The summed E-state index contributed by atoms with van der Waals surface area (Å²) in [5, 5.41) is 41.6. The highest BCUT2D eigenvalue weighted by atomic mass is 32.2. The normalized spacial score (nSPS) is 17.6. The first-order valence-electron chi connectivity index (χ1n) is 15.2. The SMILES string of the molecule is CCOc1cccc2[nH]c(C(=O)NC(C(=O)NC3C(=O)N4C(C(=O)O)=C(CSc5nnc(O)c(=O)n5CC)CS[C@H]34)c3ccc(O)cc3)nc12. The number of β-lactam (4-membered cyclic amide) rings is 1. The standard InChI is InChI=1S/C31H30N8O9S2/c1-3-38-28(45)26(43)36-37-31(38)50-13-15-12-49-29-21(27(44)39(29)22(15)30(46)47)35-24(41)19(14-8-10-16(40)11-9-14)34-25(42)23-32-17-6-5-7-18(48-4-2)20(17)33-23/h5-11,19,21,29,40H,3-4,12-13H2,1-2H3,(H,32,33)(H,34,42)(H,35,41)(H,36,43)(H,46,47)/t19?,21?,29-/m1/s1. The van der Waals surface area contributed by atoms with Crippen LogP contribution < -0.4 is 20.9 Å². The molecular formula is C31H30N8O9S2. The lowest BCUT2D eigenvalue weighted by Gasteiger charge is -2.49. The number of aromatic hydroxyl groups is 2. The van der Waals surface area contributed by atoms with Crippen LogP contribution in [-0.4, -0.2) is 98.2 Å². The molecule has 260 valence electrons. The van der Waals surface area contributed by atoms with Gasteiger partial charge in [0.2, 0.25) is 5.91 Å². The zero-order valence-corrected chi connectivity index (χ0v) is 28.1. The smallest absolute Gasteiger partial charge is 0.352 e. The largest absolute Gasteiger partial charge is 0.508 e. The van der Waals surface area contributed by atoms with Crippen molar-refractivity contribution < 1.29 is 39.2 Å². The molecule has 2 unspecified atom stereocenters. The lowest BCUT2D eigenvalue weighted by atomic mass is 10.0. The third-order valence-corrected chi connectivity index (χ3v) is 10.3. The number of fused-ring (bicyclic) bond motifs is 2. The number of carboxylic acid groups (broad SMARTS) is 1. The number of thioether (sulfide) groups is 2. The molecule has 2 aliphatic rings. The summed E-state index contributed by atoms with van der Waals surface area (Å²) in [5.41, 5.74) is 0.676. The van der Waals surface area contributed by atoms with Crippen LogP contribution in [0.1, 0.15) is 36.1 Å². The lowest BCUT2D eigenvalue weighted by Crippen LogP contribution is -2.71. The van der Waals surface area contributed by atoms with E-state index in [2.05, 4.69) is 30.8 Å². The number of para-hydroxylation sites is 1. The first kappa shape index (κ1) is 34.3. The van der Waals surface area contributed by atoms with Crippen molar-refractivity contribution in [1.82, 2.24) is 40.3 Å². The number of imidazole rings is 1. The number of aromatic amines is 1. The molecule has 0 saturated carbocycles. The molecule has 4 aromatic rings. The molecule has 3 amide bonds. The molecule has 19 heteroatoms. The molecule has 0 aliphatic carbocycles. The molecule has 2 aromatic heterocycles. The molecule has 2 aliphatic heterocycles. The Hall–Kier alpha value is -5.56. The Balaban J connectivity index is 1.20. The first-order chi connectivity index (χ1) is 24.0. The van der Waals surface area contributed by atoms with Gasteiger partial charge in [-0.1, -0.05) is 30.0 Å². The number of hydrogen-bond donors (Lipinski definition) is 6. The monoisotopic (exact) mass is 722 g/mol. The molecule has 1 fully saturated rings. The van der Waals surface area contributed by atoms with Crippen molar-refractivity contribution >= 4 is 58.2 Å². The molecule has 3 atom stereocenters. The van der Waals surface area contributed by atoms with E-state index in [0.29, 0.717) is 34.5 Å². The highest BCUT2D eigenvalue weighted by Crippen LogP contribution is 2.41. The highest BCUT2D eigenvalue weighted by Gasteiger charge is 2.54. The van der Waals surface area contributed by atoms with Crippen molar-refractivity contribution in [2.75, 3.05) is 18.1 Å². The van der Waals surface area contributed by atoms with Crippen LogP contribution in [-0.2, 0) is 20.9 Å². The summed E-state index contributed by atoms with van der Waals surface area (Å²) in [6.07, 6.45) is 0. The second-order valence-corrected chi connectivity index (χ2v) is 13.0. The van der Waals surface area contributed by atoms with Gasteiger partial charge in [-0.05, 0) is 49.2 Å². The van der Waals surface area contributed by atoms with E-state index in [9.17, 15) is 39.3 Å². The number of carboxylic acids is 1. The molecule has 0 spiro atoms. The Kier molecular flexibility index (Phi) is 9.69. The molecule has 2 aromatic carbocycles.